The van der Waals surface area contributed by atoms with Gasteiger partial charge in [-0.25, -0.2) is 9.00 Å². The summed E-state index contributed by atoms with van der Waals surface area (Å²) in [6.45, 7) is 7.60. The van der Waals surface area contributed by atoms with Crippen LogP contribution in [0.3, 0.4) is 0 Å². The molecule has 1 aromatic heterocycles. The molecule has 0 fully saturated rings. The minimum absolute atomic E-state index is 0.0912. The van der Waals surface area contributed by atoms with E-state index in [0.29, 0.717) is 38.6 Å². The average Bonchev–Trinajstić information content (AvgIpc) is 3.21. The highest BCUT2D eigenvalue weighted by molar-refractivity contribution is 7.86. The SMILES string of the molecule is COc1cc(C(=O)O)ccc1COc1cc(Cl)c(C)cc1N(C(C)C)S(=O)c1ccc(C)o1. The molecule has 0 aliphatic heterocycles. The Morgan fingerprint density at radius 1 is 1.15 bits per heavy atom. The number of aromatic carboxylic acids is 1. The van der Waals surface area contributed by atoms with Crippen molar-refractivity contribution in [3.63, 3.8) is 0 Å². The Labute approximate surface area is 200 Å². The predicted molar refractivity (Wildman–Crippen MR) is 128 cm³/mol. The van der Waals surface area contributed by atoms with E-state index in [2.05, 4.69) is 0 Å². The number of benzene rings is 2. The molecule has 3 rings (SSSR count). The van der Waals surface area contributed by atoms with Crippen LogP contribution in [0.5, 0.6) is 11.5 Å². The largest absolute Gasteiger partial charge is 0.496 e. The number of carboxylic acids is 1. The van der Waals surface area contributed by atoms with Gasteiger partial charge in [0.2, 0.25) is 5.09 Å². The van der Waals surface area contributed by atoms with E-state index in [4.69, 9.17) is 25.5 Å². The van der Waals surface area contributed by atoms with Gasteiger partial charge in [0, 0.05) is 22.7 Å². The molecule has 1 N–H and O–H groups in total. The zero-order chi connectivity index (χ0) is 24.3. The number of halogens is 1. The third kappa shape index (κ3) is 5.51. The normalized spacial score (nSPS) is 12.0. The van der Waals surface area contributed by atoms with Gasteiger partial charge in [-0.15, -0.1) is 0 Å². The van der Waals surface area contributed by atoms with Crippen LogP contribution in [0.2, 0.25) is 5.02 Å². The van der Waals surface area contributed by atoms with Crippen LogP contribution in [0.15, 0.2) is 52.0 Å². The molecular formula is C24H26ClNO6S. The van der Waals surface area contributed by atoms with Gasteiger partial charge in [-0.3, -0.25) is 4.31 Å². The molecule has 2 aromatic carbocycles. The second-order valence-corrected chi connectivity index (χ2v) is 9.42. The molecule has 1 heterocycles. The van der Waals surface area contributed by atoms with Crippen molar-refractivity contribution in [3.8, 4) is 11.5 Å². The van der Waals surface area contributed by atoms with E-state index < -0.39 is 17.0 Å². The molecule has 3 aromatic rings. The molecule has 7 nitrogen and oxygen atoms in total. The summed E-state index contributed by atoms with van der Waals surface area (Å²) in [4.78, 5) is 11.3. The molecule has 0 bridgehead atoms. The number of anilines is 1. The first-order chi connectivity index (χ1) is 15.6. The van der Waals surface area contributed by atoms with E-state index in [1.165, 1.54) is 19.2 Å². The van der Waals surface area contributed by atoms with Gasteiger partial charge < -0.3 is 19.0 Å². The molecule has 0 aliphatic rings. The van der Waals surface area contributed by atoms with E-state index in [-0.39, 0.29) is 18.2 Å². The fourth-order valence-corrected chi connectivity index (χ4v) is 4.69. The van der Waals surface area contributed by atoms with Crippen LogP contribution in [0.4, 0.5) is 5.69 Å². The van der Waals surface area contributed by atoms with Crippen molar-refractivity contribution in [3.05, 3.63) is 69.9 Å². The highest BCUT2D eigenvalue weighted by Crippen LogP contribution is 2.38. The Morgan fingerprint density at radius 3 is 2.45 bits per heavy atom. The number of hydrogen-bond acceptors (Lipinski definition) is 5. The van der Waals surface area contributed by atoms with Gasteiger partial charge in [0.05, 0.1) is 18.4 Å². The third-order valence-electron chi connectivity index (χ3n) is 4.93. The Balaban J connectivity index is 1.99. The lowest BCUT2D eigenvalue weighted by Gasteiger charge is -2.29. The van der Waals surface area contributed by atoms with Gasteiger partial charge >= 0.3 is 5.97 Å². The topological polar surface area (TPSA) is 89.2 Å². The summed E-state index contributed by atoms with van der Waals surface area (Å²) in [5.74, 6) is 0.449. The van der Waals surface area contributed by atoms with Crippen molar-refractivity contribution in [1.82, 2.24) is 0 Å². The summed E-state index contributed by atoms with van der Waals surface area (Å²) in [6, 6.07) is 11.4. The molecule has 176 valence electrons. The molecule has 9 heteroatoms. The number of rotatable bonds is 9. The Morgan fingerprint density at radius 2 is 1.88 bits per heavy atom. The lowest BCUT2D eigenvalue weighted by Crippen LogP contribution is -2.33. The van der Waals surface area contributed by atoms with Gasteiger partial charge in [-0.2, -0.15) is 0 Å². The Hall–Kier alpha value is -2.97. The summed E-state index contributed by atoms with van der Waals surface area (Å²) in [5, 5.41) is 10.1. The van der Waals surface area contributed by atoms with Crippen molar-refractivity contribution in [2.24, 2.45) is 0 Å². The fraction of sp³-hybridized carbons (Fsp3) is 0.292. The van der Waals surface area contributed by atoms with Crippen molar-refractivity contribution in [1.29, 1.82) is 0 Å². The second-order valence-electron chi connectivity index (χ2n) is 7.72. The number of carbonyl (C=O) groups is 1. The third-order valence-corrected chi connectivity index (χ3v) is 6.88. The number of hydrogen-bond donors (Lipinski definition) is 1. The Bertz CT molecular complexity index is 1190. The average molecular weight is 492 g/mol. The van der Waals surface area contributed by atoms with Crippen LogP contribution in [0.25, 0.3) is 0 Å². The summed E-state index contributed by atoms with van der Waals surface area (Å²) in [6.07, 6.45) is 0. The standard InChI is InChI=1S/C24H26ClNO6S/c1-14(2)26(33(29)23-9-6-16(4)32-23)20-10-15(3)19(25)12-22(20)31-13-18-8-7-17(24(27)28)11-21(18)30-5/h6-12,14H,13H2,1-5H3,(H,27,28). The van der Waals surface area contributed by atoms with Crippen LogP contribution in [0.1, 0.15) is 41.1 Å². The van der Waals surface area contributed by atoms with Gasteiger partial charge in [0.15, 0.2) is 11.0 Å². The van der Waals surface area contributed by atoms with Crippen LogP contribution in [0, 0.1) is 13.8 Å². The minimum atomic E-state index is -1.62. The van der Waals surface area contributed by atoms with Gasteiger partial charge in [-0.05, 0) is 63.6 Å². The molecule has 0 amide bonds. The number of methoxy groups -OCH3 is 1. The van der Waals surface area contributed by atoms with Gasteiger partial charge in [-0.1, -0.05) is 17.7 Å². The molecule has 1 atom stereocenters. The summed E-state index contributed by atoms with van der Waals surface area (Å²) in [7, 11) is -0.150. The molecule has 0 saturated heterocycles. The first-order valence-electron chi connectivity index (χ1n) is 10.2. The first-order valence-corrected chi connectivity index (χ1v) is 11.7. The van der Waals surface area contributed by atoms with E-state index in [1.807, 2.05) is 26.8 Å². The van der Waals surface area contributed by atoms with Crippen molar-refractivity contribution in [2.45, 2.75) is 45.4 Å². The van der Waals surface area contributed by atoms with E-state index in [9.17, 15) is 14.1 Å². The first kappa shape index (κ1) is 24.7. The molecule has 0 saturated carbocycles. The van der Waals surface area contributed by atoms with Crippen LogP contribution in [-0.2, 0) is 17.6 Å². The molecule has 0 spiro atoms. The van der Waals surface area contributed by atoms with Crippen molar-refractivity contribution < 1.29 is 28.0 Å². The van der Waals surface area contributed by atoms with Gasteiger partial charge in [0.1, 0.15) is 23.9 Å². The van der Waals surface area contributed by atoms with E-state index in [1.54, 1.807) is 35.5 Å². The van der Waals surface area contributed by atoms with Crippen LogP contribution in [-0.4, -0.2) is 28.4 Å². The lowest BCUT2D eigenvalue weighted by atomic mass is 10.1. The number of ether oxygens (including phenoxy) is 2. The monoisotopic (exact) mass is 491 g/mol. The second kappa shape index (κ2) is 10.3. The molecule has 0 aliphatic carbocycles. The number of aryl methyl sites for hydroxylation is 2. The molecular weight excluding hydrogens is 466 g/mol. The van der Waals surface area contributed by atoms with E-state index in [0.717, 1.165) is 5.56 Å². The molecule has 33 heavy (non-hydrogen) atoms. The number of nitrogens with zero attached hydrogens (tertiary/aromatic N) is 1. The quantitative estimate of drug-likeness (QED) is 0.408. The molecule has 0 radical (unpaired) electrons. The maximum absolute atomic E-state index is 13.4. The predicted octanol–water partition coefficient (Wildman–Crippen LogP) is 5.77. The summed E-state index contributed by atoms with van der Waals surface area (Å²) >= 11 is 6.38. The summed E-state index contributed by atoms with van der Waals surface area (Å²) < 4.78 is 32.2. The number of carboxylic acid groups (broad SMARTS) is 1. The Kier molecular flexibility index (Phi) is 7.71. The zero-order valence-electron chi connectivity index (χ0n) is 19.0. The van der Waals surface area contributed by atoms with Gasteiger partial charge in [0.25, 0.3) is 0 Å². The minimum Gasteiger partial charge on any atom is -0.496 e. The lowest BCUT2D eigenvalue weighted by molar-refractivity contribution is 0.0696. The molecule has 1 unspecified atom stereocenters. The number of furan rings is 1. The van der Waals surface area contributed by atoms with Crippen LogP contribution < -0.4 is 13.8 Å². The van der Waals surface area contributed by atoms with Crippen molar-refractivity contribution in [2.75, 3.05) is 11.4 Å². The highest BCUT2D eigenvalue weighted by Gasteiger charge is 2.26. The smallest absolute Gasteiger partial charge is 0.335 e. The summed E-state index contributed by atoms with van der Waals surface area (Å²) in [5.41, 5.74) is 2.18. The maximum atomic E-state index is 13.4. The van der Waals surface area contributed by atoms with Crippen LogP contribution >= 0.6 is 11.6 Å². The maximum Gasteiger partial charge on any atom is 0.335 e. The highest BCUT2D eigenvalue weighted by atomic mass is 35.5. The fourth-order valence-electron chi connectivity index (χ4n) is 3.25. The van der Waals surface area contributed by atoms with E-state index >= 15 is 0 Å². The van der Waals surface area contributed by atoms with Crippen molar-refractivity contribution >= 4 is 34.2 Å². The zero-order valence-corrected chi connectivity index (χ0v) is 20.6.